The van der Waals surface area contributed by atoms with E-state index in [4.69, 9.17) is 9.47 Å². The molecule has 1 heterocycles. The number of aryl methyl sites for hydroxylation is 2. The maximum Gasteiger partial charge on any atom is 0.338 e. The Hall–Kier alpha value is -4.06. The number of carbonyl (C=O) groups is 2. The van der Waals surface area contributed by atoms with Crippen LogP contribution in [0.5, 0.6) is 11.5 Å². The molecule has 0 aliphatic carbocycles. The first-order valence-electron chi connectivity index (χ1n) is 10.7. The maximum absolute atomic E-state index is 12.9. The molecule has 0 aromatic heterocycles. The SMILES string of the molecule is CC1=C(C(=O)OCc2ccccc2)C(c2ccc(Oc3cc(C)cc(C)c3)cc2)NC(=O)N1. The number of urea groups is 1. The van der Waals surface area contributed by atoms with E-state index in [2.05, 4.69) is 16.7 Å². The van der Waals surface area contributed by atoms with Crippen molar-refractivity contribution in [1.82, 2.24) is 10.6 Å². The lowest BCUT2D eigenvalue weighted by atomic mass is 9.95. The summed E-state index contributed by atoms with van der Waals surface area (Å²) in [5, 5.41) is 5.49. The van der Waals surface area contributed by atoms with Gasteiger partial charge in [0.1, 0.15) is 18.1 Å². The first-order chi connectivity index (χ1) is 15.9. The minimum atomic E-state index is -0.628. The Morgan fingerprint density at radius 2 is 1.55 bits per heavy atom. The van der Waals surface area contributed by atoms with Gasteiger partial charge < -0.3 is 20.1 Å². The highest BCUT2D eigenvalue weighted by molar-refractivity contribution is 5.95. The van der Waals surface area contributed by atoms with Crippen molar-refractivity contribution < 1.29 is 19.1 Å². The van der Waals surface area contributed by atoms with Crippen molar-refractivity contribution in [2.24, 2.45) is 0 Å². The Bertz CT molecular complexity index is 1180. The third kappa shape index (κ3) is 5.41. The monoisotopic (exact) mass is 442 g/mol. The number of rotatable bonds is 6. The van der Waals surface area contributed by atoms with Crippen LogP contribution in [0.2, 0.25) is 0 Å². The minimum absolute atomic E-state index is 0.153. The fourth-order valence-corrected chi connectivity index (χ4v) is 3.87. The molecule has 0 saturated heterocycles. The van der Waals surface area contributed by atoms with Gasteiger partial charge in [0.05, 0.1) is 11.6 Å². The second kappa shape index (κ2) is 9.61. The van der Waals surface area contributed by atoms with Crippen LogP contribution in [0.3, 0.4) is 0 Å². The summed E-state index contributed by atoms with van der Waals surface area (Å²) in [6.07, 6.45) is 0. The third-order valence-corrected chi connectivity index (χ3v) is 5.35. The molecule has 1 aliphatic rings. The van der Waals surface area contributed by atoms with Crippen molar-refractivity contribution in [2.45, 2.75) is 33.4 Å². The van der Waals surface area contributed by atoms with Crippen LogP contribution in [0.25, 0.3) is 0 Å². The molecule has 168 valence electrons. The van der Waals surface area contributed by atoms with Crippen LogP contribution in [-0.2, 0) is 16.1 Å². The molecule has 0 radical (unpaired) electrons. The predicted molar refractivity (Wildman–Crippen MR) is 126 cm³/mol. The predicted octanol–water partition coefficient (Wildman–Crippen LogP) is 5.47. The Balaban J connectivity index is 1.53. The average molecular weight is 443 g/mol. The fraction of sp³-hybridized carbons (Fsp3) is 0.185. The number of nitrogens with one attached hydrogen (secondary N) is 2. The number of hydrogen-bond donors (Lipinski definition) is 2. The molecular formula is C27H26N2O4. The number of benzene rings is 3. The smallest absolute Gasteiger partial charge is 0.338 e. The summed E-state index contributed by atoms with van der Waals surface area (Å²) in [5.41, 5.74) is 4.73. The number of allylic oxidation sites excluding steroid dienone is 1. The van der Waals surface area contributed by atoms with Crippen LogP contribution in [0.15, 0.2) is 84.1 Å². The fourth-order valence-electron chi connectivity index (χ4n) is 3.87. The molecular weight excluding hydrogens is 416 g/mol. The van der Waals surface area contributed by atoms with Gasteiger partial charge in [-0.3, -0.25) is 0 Å². The standard InChI is InChI=1S/C27H26N2O4/c1-17-13-18(2)15-23(14-17)33-22-11-9-21(10-12-22)25-24(19(3)28-27(31)29-25)26(30)32-16-20-7-5-4-6-8-20/h4-15,25H,16H2,1-3H3,(H2,28,29,31). The molecule has 4 rings (SSSR count). The molecule has 6 nitrogen and oxygen atoms in total. The van der Waals surface area contributed by atoms with E-state index in [0.29, 0.717) is 17.0 Å². The van der Waals surface area contributed by atoms with Gasteiger partial charge >= 0.3 is 12.0 Å². The van der Waals surface area contributed by atoms with Crippen LogP contribution in [0.1, 0.15) is 35.2 Å². The van der Waals surface area contributed by atoms with E-state index < -0.39 is 12.0 Å². The van der Waals surface area contributed by atoms with Crippen molar-refractivity contribution in [3.63, 3.8) is 0 Å². The van der Waals surface area contributed by atoms with Crippen molar-refractivity contribution in [3.8, 4) is 11.5 Å². The van der Waals surface area contributed by atoms with Gasteiger partial charge in [0, 0.05) is 5.70 Å². The first kappa shape index (κ1) is 22.1. The number of hydrogen-bond acceptors (Lipinski definition) is 4. The highest BCUT2D eigenvalue weighted by Gasteiger charge is 2.32. The van der Waals surface area contributed by atoms with E-state index in [-0.39, 0.29) is 12.6 Å². The summed E-state index contributed by atoms with van der Waals surface area (Å²) in [6, 6.07) is 21.8. The molecule has 1 atom stereocenters. The number of esters is 1. The summed E-state index contributed by atoms with van der Waals surface area (Å²) in [4.78, 5) is 25.1. The zero-order valence-electron chi connectivity index (χ0n) is 18.8. The molecule has 3 aromatic rings. The summed E-state index contributed by atoms with van der Waals surface area (Å²) < 4.78 is 11.5. The molecule has 0 fully saturated rings. The molecule has 0 spiro atoms. The molecule has 33 heavy (non-hydrogen) atoms. The van der Waals surface area contributed by atoms with Crippen molar-refractivity contribution in [3.05, 3.63) is 106 Å². The molecule has 6 heteroatoms. The van der Waals surface area contributed by atoms with E-state index >= 15 is 0 Å². The van der Waals surface area contributed by atoms with E-state index in [1.165, 1.54) is 0 Å². The Kier molecular flexibility index (Phi) is 6.45. The van der Waals surface area contributed by atoms with Crippen LogP contribution in [-0.4, -0.2) is 12.0 Å². The second-order valence-corrected chi connectivity index (χ2v) is 8.13. The molecule has 0 saturated carbocycles. The lowest BCUT2D eigenvalue weighted by molar-refractivity contribution is -0.140. The van der Waals surface area contributed by atoms with Gasteiger partial charge in [0.2, 0.25) is 0 Å². The van der Waals surface area contributed by atoms with E-state index in [1.807, 2.05) is 80.6 Å². The molecule has 1 aliphatic heterocycles. The summed E-state index contributed by atoms with van der Waals surface area (Å²) in [6.45, 7) is 5.90. The van der Waals surface area contributed by atoms with Crippen LogP contribution < -0.4 is 15.4 Å². The number of ether oxygens (including phenoxy) is 2. The highest BCUT2D eigenvalue weighted by atomic mass is 16.5. The molecule has 3 aromatic carbocycles. The van der Waals surface area contributed by atoms with Gasteiger partial charge in [-0.15, -0.1) is 0 Å². The minimum Gasteiger partial charge on any atom is -0.457 e. The summed E-state index contributed by atoms with van der Waals surface area (Å²) in [7, 11) is 0. The third-order valence-electron chi connectivity index (χ3n) is 5.35. The van der Waals surface area contributed by atoms with E-state index in [1.54, 1.807) is 6.92 Å². The molecule has 2 amide bonds. The Labute approximate surface area is 193 Å². The normalized spacial score (nSPS) is 15.5. The lowest BCUT2D eigenvalue weighted by Crippen LogP contribution is -2.45. The van der Waals surface area contributed by atoms with Crippen molar-refractivity contribution in [1.29, 1.82) is 0 Å². The quantitative estimate of drug-likeness (QED) is 0.497. The molecule has 1 unspecified atom stereocenters. The zero-order valence-corrected chi connectivity index (χ0v) is 18.8. The highest BCUT2D eigenvalue weighted by Crippen LogP contribution is 2.30. The van der Waals surface area contributed by atoms with Gasteiger partial charge in [0.15, 0.2) is 0 Å². The number of carbonyl (C=O) groups excluding carboxylic acids is 2. The average Bonchev–Trinajstić information content (AvgIpc) is 2.77. The van der Waals surface area contributed by atoms with Crippen molar-refractivity contribution >= 4 is 12.0 Å². The number of amides is 2. The van der Waals surface area contributed by atoms with Gasteiger partial charge in [-0.2, -0.15) is 0 Å². The Morgan fingerprint density at radius 3 is 2.21 bits per heavy atom. The largest absolute Gasteiger partial charge is 0.457 e. The summed E-state index contributed by atoms with van der Waals surface area (Å²) in [5.74, 6) is 0.943. The van der Waals surface area contributed by atoms with Crippen LogP contribution >= 0.6 is 0 Å². The van der Waals surface area contributed by atoms with E-state index in [0.717, 1.165) is 28.0 Å². The van der Waals surface area contributed by atoms with E-state index in [9.17, 15) is 9.59 Å². The Morgan fingerprint density at radius 1 is 0.879 bits per heavy atom. The van der Waals surface area contributed by atoms with Gasteiger partial charge in [-0.25, -0.2) is 9.59 Å². The van der Waals surface area contributed by atoms with Crippen LogP contribution in [0, 0.1) is 13.8 Å². The van der Waals surface area contributed by atoms with Crippen LogP contribution in [0.4, 0.5) is 4.79 Å². The topological polar surface area (TPSA) is 76.7 Å². The molecule has 0 bridgehead atoms. The first-order valence-corrected chi connectivity index (χ1v) is 10.7. The lowest BCUT2D eigenvalue weighted by Gasteiger charge is -2.28. The van der Waals surface area contributed by atoms with Gasteiger partial charge in [-0.1, -0.05) is 48.5 Å². The zero-order chi connectivity index (χ0) is 23.4. The van der Waals surface area contributed by atoms with Crippen molar-refractivity contribution in [2.75, 3.05) is 0 Å². The van der Waals surface area contributed by atoms with Gasteiger partial charge in [-0.05, 0) is 67.3 Å². The second-order valence-electron chi connectivity index (χ2n) is 8.13. The molecule has 2 N–H and O–H groups in total. The summed E-state index contributed by atoms with van der Waals surface area (Å²) >= 11 is 0. The van der Waals surface area contributed by atoms with Gasteiger partial charge in [0.25, 0.3) is 0 Å². The maximum atomic E-state index is 12.9.